The number of aryl methyl sites for hydroxylation is 1. The molecule has 0 unspecified atom stereocenters. The van der Waals surface area contributed by atoms with Crippen molar-refractivity contribution in [2.24, 2.45) is 0 Å². The molecule has 0 heterocycles. The van der Waals surface area contributed by atoms with Crippen molar-refractivity contribution < 1.29 is 47.8 Å². The molecule has 0 aliphatic heterocycles. The molecule has 0 spiro atoms. The first-order valence-corrected chi connectivity index (χ1v) is 21.6. The van der Waals surface area contributed by atoms with E-state index in [-0.39, 0.29) is 50.6 Å². The van der Waals surface area contributed by atoms with Gasteiger partial charge >= 0.3 is 11.9 Å². The second-order valence-corrected chi connectivity index (χ2v) is 16.8. The first kappa shape index (κ1) is 49.6. The molecule has 69 heavy (non-hydrogen) atoms. The monoisotopic (exact) mass is 926 g/mol. The Morgan fingerprint density at radius 2 is 0.928 bits per heavy atom. The van der Waals surface area contributed by atoms with Gasteiger partial charge < -0.3 is 30.7 Å². The number of ketones is 2. The minimum atomic E-state index is -0.982. The summed E-state index contributed by atoms with van der Waals surface area (Å²) in [5.74, 6) is -4.87. The zero-order chi connectivity index (χ0) is 50.2. The number of carbonyl (C=O) groups is 8. The van der Waals surface area contributed by atoms with Gasteiger partial charge in [0.15, 0.2) is 24.8 Å². The minimum absolute atomic E-state index is 0.0286. The molecule has 350 valence electrons. The Morgan fingerprint density at radius 3 is 1.35 bits per heavy atom. The van der Waals surface area contributed by atoms with Crippen molar-refractivity contribution in [1.82, 2.24) is 5.32 Å². The maximum Gasteiger partial charge on any atom is 0.339 e. The second kappa shape index (κ2) is 21.2. The van der Waals surface area contributed by atoms with Gasteiger partial charge in [-0.2, -0.15) is 0 Å². The number of esters is 2. The van der Waals surface area contributed by atoms with E-state index in [2.05, 4.69) is 34.4 Å². The van der Waals surface area contributed by atoms with E-state index in [1.807, 2.05) is 45.0 Å². The molecule has 0 aromatic heterocycles. The lowest BCUT2D eigenvalue weighted by Crippen LogP contribution is -2.26. The molecule has 0 atom stereocenters. The summed E-state index contributed by atoms with van der Waals surface area (Å²) in [7, 11) is 1.40. The number of anilines is 3. The molecule has 0 aliphatic rings. The number of nitrogens with one attached hydrogen (secondary N) is 4. The molecule has 0 saturated carbocycles. The summed E-state index contributed by atoms with van der Waals surface area (Å²) in [5.41, 5.74) is 3.21. The second-order valence-electron chi connectivity index (χ2n) is 16.8. The summed E-state index contributed by atoms with van der Waals surface area (Å²) < 4.78 is 10.5. The van der Waals surface area contributed by atoms with Crippen molar-refractivity contribution in [1.29, 1.82) is 0 Å². The molecule has 6 rings (SSSR count). The number of benzene rings is 6. The van der Waals surface area contributed by atoms with E-state index in [1.165, 1.54) is 69.4 Å². The highest BCUT2D eigenvalue weighted by molar-refractivity contribution is 6.15. The predicted molar refractivity (Wildman–Crippen MR) is 264 cm³/mol. The van der Waals surface area contributed by atoms with Crippen LogP contribution >= 0.6 is 0 Å². The van der Waals surface area contributed by atoms with Crippen molar-refractivity contribution in [3.63, 3.8) is 0 Å². The van der Waals surface area contributed by atoms with Gasteiger partial charge in [-0.25, -0.2) is 9.59 Å². The summed E-state index contributed by atoms with van der Waals surface area (Å²) in [6.07, 6.45) is 0. The third-order valence-electron chi connectivity index (χ3n) is 11.4. The number of rotatable bonds is 17. The SMILES string of the molecule is C=C(C)C(=O)COC(=O)c1ccc(C(C)(C)c2ccc(C(=O)OCC(=O)C(=C)C)c(C(=O)Nc3ccc(C(=O)Nc4cccc5c(NC(=O)c6ccc(C)cc6)cccc45)cc3)c2)cc1C(=O)NC. The Morgan fingerprint density at radius 1 is 0.507 bits per heavy atom. The van der Waals surface area contributed by atoms with E-state index in [1.54, 1.807) is 48.5 Å². The maximum atomic E-state index is 14.2. The summed E-state index contributed by atoms with van der Waals surface area (Å²) in [6, 6.07) is 33.1. The van der Waals surface area contributed by atoms with Crippen molar-refractivity contribution in [3.05, 3.63) is 196 Å². The van der Waals surface area contributed by atoms with E-state index in [9.17, 15) is 38.4 Å². The number of ether oxygens (including phenoxy) is 2. The number of carbonyl (C=O) groups excluding carboxylic acids is 8. The number of hydrogen-bond acceptors (Lipinski definition) is 10. The van der Waals surface area contributed by atoms with Crippen LogP contribution in [0.15, 0.2) is 146 Å². The van der Waals surface area contributed by atoms with Gasteiger partial charge in [0.25, 0.3) is 23.6 Å². The number of Topliss-reactive ketones (excluding diaryl/α,β-unsaturated/α-hetero) is 2. The normalized spacial score (nSPS) is 10.9. The van der Waals surface area contributed by atoms with Crippen LogP contribution in [0.5, 0.6) is 0 Å². The Bertz CT molecular complexity index is 3100. The molecule has 6 aromatic rings. The average Bonchev–Trinajstić information content (AvgIpc) is 3.34. The van der Waals surface area contributed by atoms with Crippen LogP contribution in [0.2, 0.25) is 0 Å². The van der Waals surface area contributed by atoms with Gasteiger partial charge in [0.2, 0.25) is 0 Å². The standard InChI is InChI=1S/C55H50N4O10/c1-31(2)47(60)29-68-53(66)41-25-21-36(27-43(41)51(64)56-8)55(6,7)37-22-26-42(54(67)69-30-48(61)32(3)4)44(28-37)52(65)57-38-23-19-35(20-24-38)50(63)59-46-14-10-11-39-40(46)12-9-13-45(39)58-49(62)34-17-15-33(5)16-18-34/h9-28H,1,3,29-30H2,2,4-8H3,(H,56,64)(H,57,65)(H,58,62)(H,59,63). The largest absolute Gasteiger partial charge is 0.454 e. The van der Waals surface area contributed by atoms with Crippen LogP contribution in [0.1, 0.15) is 107 Å². The van der Waals surface area contributed by atoms with E-state index >= 15 is 0 Å². The first-order chi connectivity index (χ1) is 32.8. The Balaban J connectivity index is 1.25. The fraction of sp³-hybridized carbons (Fsp3) is 0.164. The van der Waals surface area contributed by atoms with Gasteiger partial charge in [-0.3, -0.25) is 28.8 Å². The van der Waals surface area contributed by atoms with Crippen LogP contribution in [0.4, 0.5) is 17.1 Å². The molecule has 0 aliphatic carbocycles. The minimum Gasteiger partial charge on any atom is -0.454 e. The van der Waals surface area contributed by atoms with E-state index in [4.69, 9.17) is 9.47 Å². The van der Waals surface area contributed by atoms with E-state index in [0.29, 0.717) is 38.8 Å². The molecule has 14 heteroatoms. The molecule has 0 saturated heterocycles. The third kappa shape index (κ3) is 11.6. The quantitative estimate of drug-likeness (QED) is 0.0504. The van der Waals surface area contributed by atoms with Crippen LogP contribution in [-0.4, -0.2) is 67.4 Å². The van der Waals surface area contributed by atoms with Gasteiger partial charge in [0, 0.05) is 51.4 Å². The lowest BCUT2D eigenvalue weighted by molar-refractivity contribution is -0.119. The van der Waals surface area contributed by atoms with Crippen molar-refractivity contribution in [3.8, 4) is 0 Å². The molecule has 14 nitrogen and oxygen atoms in total. The van der Waals surface area contributed by atoms with Crippen LogP contribution in [0.3, 0.4) is 0 Å². The third-order valence-corrected chi connectivity index (χ3v) is 11.4. The van der Waals surface area contributed by atoms with E-state index < -0.39 is 59.9 Å². The highest BCUT2D eigenvalue weighted by atomic mass is 16.5. The molecule has 6 aromatic carbocycles. The molecule has 0 radical (unpaired) electrons. The van der Waals surface area contributed by atoms with Crippen LogP contribution in [-0.2, 0) is 24.5 Å². The van der Waals surface area contributed by atoms with Gasteiger partial charge in [-0.1, -0.05) is 81.1 Å². The fourth-order valence-corrected chi connectivity index (χ4v) is 7.09. The van der Waals surface area contributed by atoms with Crippen molar-refractivity contribution >= 4 is 75.0 Å². The Labute approximate surface area is 398 Å². The van der Waals surface area contributed by atoms with Crippen LogP contribution in [0.25, 0.3) is 10.8 Å². The van der Waals surface area contributed by atoms with Crippen LogP contribution < -0.4 is 21.3 Å². The molecule has 0 fully saturated rings. The van der Waals surface area contributed by atoms with Crippen molar-refractivity contribution in [2.45, 2.75) is 40.0 Å². The molecular weight excluding hydrogens is 877 g/mol. The van der Waals surface area contributed by atoms with Gasteiger partial charge in [0.1, 0.15) is 0 Å². The first-order valence-electron chi connectivity index (χ1n) is 21.6. The van der Waals surface area contributed by atoms with Gasteiger partial charge in [-0.05, 0) is 116 Å². The Kier molecular flexibility index (Phi) is 15.3. The van der Waals surface area contributed by atoms with Crippen molar-refractivity contribution in [2.75, 3.05) is 36.2 Å². The molecular formula is C55H50N4O10. The van der Waals surface area contributed by atoms with E-state index in [0.717, 1.165) is 5.56 Å². The fourth-order valence-electron chi connectivity index (χ4n) is 7.09. The molecule has 4 N–H and O–H groups in total. The Hall–Kier alpha value is -8.78. The van der Waals surface area contributed by atoms with Crippen LogP contribution in [0, 0.1) is 6.92 Å². The lowest BCUT2D eigenvalue weighted by Gasteiger charge is -2.28. The van der Waals surface area contributed by atoms with Gasteiger partial charge in [-0.15, -0.1) is 0 Å². The zero-order valence-corrected chi connectivity index (χ0v) is 39.0. The summed E-state index contributed by atoms with van der Waals surface area (Å²) in [5, 5.41) is 12.6. The molecule has 4 amide bonds. The summed E-state index contributed by atoms with van der Waals surface area (Å²) >= 11 is 0. The predicted octanol–water partition coefficient (Wildman–Crippen LogP) is 9.19. The molecule has 0 bridgehead atoms. The number of hydrogen-bond donors (Lipinski definition) is 4. The maximum absolute atomic E-state index is 14.2. The smallest absolute Gasteiger partial charge is 0.339 e. The highest BCUT2D eigenvalue weighted by Gasteiger charge is 2.30. The number of fused-ring (bicyclic) bond motifs is 1. The summed E-state index contributed by atoms with van der Waals surface area (Å²) in [4.78, 5) is 105. The average molecular weight is 927 g/mol. The lowest BCUT2D eigenvalue weighted by atomic mass is 9.76. The number of amides is 4. The topological polar surface area (TPSA) is 203 Å². The van der Waals surface area contributed by atoms with Gasteiger partial charge in [0.05, 0.1) is 22.3 Å². The zero-order valence-electron chi connectivity index (χ0n) is 39.0. The highest BCUT2D eigenvalue weighted by Crippen LogP contribution is 2.35. The summed E-state index contributed by atoms with van der Waals surface area (Å²) in [6.45, 7) is 14.5.